The van der Waals surface area contributed by atoms with Crippen molar-refractivity contribution in [3.8, 4) is 5.75 Å². The number of hydrogen-bond donors (Lipinski definition) is 2. The van der Waals surface area contributed by atoms with Crippen molar-refractivity contribution < 1.29 is 9.84 Å². The zero-order valence-corrected chi connectivity index (χ0v) is 11.8. The highest BCUT2D eigenvalue weighted by atomic mass is 32.2. The van der Waals surface area contributed by atoms with Gasteiger partial charge >= 0.3 is 0 Å². The van der Waals surface area contributed by atoms with Gasteiger partial charge in [-0.05, 0) is 38.2 Å². The molecule has 100 valence electrons. The molecule has 2 rings (SSSR count). The number of nitrogens with one attached hydrogen (secondary N) is 1. The van der Waals surface area contributed by atoms with Crippen LogP contribution in [0.4, 0.5) is 0 Å². The normalized spacial score (nSPS) is 18.4. The second kappa shape index (κ2) is 5.95. The van der Waals surface area contributed by atoms with Crippen LogP contribution in [0.1, 0.15) is 19.8 Å². The Morgan fingerprint density at radius 1 is 1.44 bits per heavy atom. The van der Waals surface area contributed by atoms with Crippen LogP contribution in [0.25, 0.3) is 0 Å². The molecule has 1 saturated carbocycles. The number of rotatable bonds is 7. The van der Waals surface area contributed by atoms with E-state index in [0.29, 0.717) is 19.2 Å². The van der Waals surface area contributed by atoms with Crippen molar-refractivity contribution in [3.05, 3.63) is 24.3 Å². The second-order valence-corrected chi connectivity index (χ2v) is 5.94. The first-order valence-corrected chi connectivity index (χ1v) is 7.55. The highest BCUT2D eigenvalue weighted by Crippen LogP contribution is 2.27. The van der Waals surface area contributed by atoms with Crippen molar-refractivity contribution in [1.82, 2.24) is 5.32 Å². The molecule has 1 unspecified atom stereocenters. The summed E-state index contributed by atoms with van der Waals surface area (Å²) in [5.74, 6) is 0.844. The van der Waals surface area contributed by atoms with Crippen molar-refractivity contribution in [2.24, 2.45) is 0 Å². The summed E-state index contributed by atoms with van der Waals surface area (Å²) in [6.07, 6.45) is 4.48. The molecular formula is C14H21NO2S. The Labute approximate surface area is 113 Å². The van der Waals surface area contributed by atoms with Crippen molar-refractivity contribution in [2.75, 3.05) is 19.4 Å². The highest BCUT2D eigenvalue weighted by Gasteiger charge is 2.27. The van der Waals surface area contributed by atoms with E-state index in [1.165, 1.54) is 12.8 Å². The molecule has 1 aliphatic carbocycles. The lowest BCUT2D eigenvalue weighted by Gasteiger charge is -2.24. The molecule has 1 aliphatic rings. The first kappa shape index (κ1) is 13.7. The number of hydrogen-bond acceptors (Lipinski definition) is 4. The SMILES string of the molecule is CSc1ccccc1OCC(C)(O)CNC1CC1. The van der Waals surface area contributed by atoms with E-state index in [1.54, 1.807) is 11.8 Å². The third-order valence-electron chi connectivity index (χ3n) is 2.96. The van der Waals surface area contributed by atoms with Gasteiger partial charge in [-0.2, -0.15) is 0 Å². The quantitative estimate of drug-likeness (QED) is 0.744. The zero-order chi connectivity index (χ0) is 13.0. The van der Waals surface area contributed by atoms with Gasteiger partial charge in [0.15, 0.2) is 0 Å². The molecule has 1 aromatic carbocycles. The van der Waals surface area contributed by atoms with Gasteiger partial charge in [-0.3, -0.25) is 0 Å². The summed E-state index contributed by atoms with van der Waals surface area (Å²) in [6, 6.07) is 8.51. The largest absolute Gasteiger partial charge is 0.489 e. The molecule has 0 aliphatic heterocycles. The lowest BCUT2D eigenvalue weighted by atomic mass is 10.1. The third kappa shape index (κ3) is 4.19. The summed E-state index contributed by atoms with van der Waals surface area (Å²) in [5.41, 5.74) is -0.825. The second-order valence-electron chi connectivity index (χ2n) is 5.09. The van der Waals surface area contributed by atoms with Crippen LogP contribution >= 0.6 is 11.8 Å². The van der Waals surface area contributed by atoms with Crippen LogP contribution in [0.3, 0.4) is 0 Å². The molecule has 4 heteroatoms. The molecule has 3 nitrogen and oxygen atoms in total. The topological polar surface area (TPSA) is 41.5 Å². The molecule has 0 amide bonds. The zero-order valence-electron chi connectivity index (χ0n) is 11.0. The first-order valence-electron chi connectivity index (χ1n) is 6.32. The van der Waals surface area contributed by atoms with Gasteiger partial charge in [0.2, 0.25) is 0 Å². The third-order valence-corrected chi connectivity index (χ3v) is 3.73. The maximum Gasteiger partial charge on any atom is 0.132 e. The van der Waals surface area contributed by atoms with Gasteiger partial charge < -0.3 is 15.2 Å². The molecule has 1 fully saturated rings. The van der Waals surface area contributed by atoms with Crippen LogP contribution in [0.2, 0.25) is 0 Å². The molecule has 0 aromatic heterocycles. The number of para-hydroxylation sites is 1. The summed E-state index contributed by atoms with van der Waals surface area (Å²) >= 11 is 1.65. The fourth-order valence-electron chi connectivity index (χ4n) is 1.67. The van der Waals surface area contributed by atoms with Gasteiger partial charge in [0, 0.05) is 17.5 Å². The van der Waals surface area contributed by atoms with E-state index >= 15 is 0 Å². The van der Waals surface area contributed by atoms with Gasteiger partial charge in [0.25, 0.3) is 0 Å². The molecule has 1 aromatic rings. The van der Waals surface area contributed by atoms with E-state index in [9.17, 15) is 5.11 Å². The minimum atomic E-state index is -0.825. The van der Waals surface area contributed by atoms with Crippen molar-refractivity contribution in [1.29, 1.82) is 0 Å². The lowest BCUT2D eigenvalue weighted by Crippen LogP contribution is -2.43. The van der Waals surface area contributed by atoms with Crippen LogP contribution < -0.4 is 10.1 Å². The molecule has 0 spiro atoms. The monoisotopic (exact) mass is 267 g/mol. The number of ether oxygens (including phenoxy) is 1. The Balaban J connectivity index is 1.84. The number of thioether (sulfide) groups is 1. The van der Waals surface area contributed by atoms with Crippen LogP contribution in [0.5, 0.6) is 5.75 Å². The van der Waals surface area contributed by atoms with E-state index in [1.807, 2.05) is 37.4 Å². The summed E-state index contributed by atoms with van der Waals surface area (Å²) < 4.78 is 5.73. The predicted octanol–water partition coefficient (Wildman–Crippen LogP) is 2.29. The summed E-state index contributed by atoms with van der Waals surface area (Å²) in [6.45, 7) is 2.70. The molecule has 18 heavy (non-hydrogen) atoms. The predicted molar refractivity (Wildman–Crippen MR) is 75.4 cm³/mol. The Bertz CT molecular complexity index is 391. The molecule has 0 radical (unpaired) electrons. The Morgan fingerprint density at radius 3 is 2.83 bits per heavy atom. The average molecular weight is 267 g/mol. The molecule has 0 saturated heterocycles. The maximum atomic E-state index is 10.2. The fourth-order valence-corrected chi connectivity index (χ4v) is 2.22. The smallest absolute Gasteiger partial charge is 0.132 e. The van der Waals surface area contributed by atoms with E-state index < -0.39 is 5.60 Å². The van der Waals surface area contributed by atoms with Crippen LogP contribution in [0, 0.1) is 0 Å². The van der Waals surface area contributed by atoms with Gasteiger partial charge in [0.05, 0.1) is 0 Å². The first-order chi connectivity index (χ1) is 8.61. The molecule has 0 heterocycles. The van der Waals surface area contributed by atoms with Gasteiger partial charge in [-0.25, -0.2) is 0 Å². The van der Waals surface area contributed by atoms with Crippen molar-refractivity contribution >= 4 is 11.8 Å². The lowest BCUT2D eigenvalue weighted by molar-refractivity contribution is 0.0111. The molecule has 1 atom stereocenters. The van der Waals surface area contributed by atoms with E-state index in [4.69, 9.17) is 4.74 Å². The summed E-state index contributed by atoms with van der Waals surface area (Å²) in [5, 5.41) is 13.5. The molecule has 0 bridgehead atoms. The summed E-state index contributed by atoms with van der Waals surface area (Å²) in [4.78, 5) is 1.10. The summed E-state index contributed by atoms with van der Waals surface area (Å²) in [7, 11) is 0. The van der Waals surface area contributed by atoms with Crippen molar-refractivity contribution in [2.45, 2.75) is 36.3 Å². The standard InChI is InChI=1S/C14H21NO2S/c1-14(16,9-15-11-7-8-11)10-17-12-5-3-4-6-13(12)18-2/h3-6,11,15-16H,7-10H2,1-2H3. The van der Waals surface area contributed by atoms with Crippen molar-refractivity contribution in [3.63, 3.8) is 0 Å². The highest BCUT2D eigenvalue weighted by molar-refractivity contribution is 7.98. The Hall–Kier alpha value is -0.710. The molecule has 2 N–H and O–H groups in total. The van der Waals surface area contributed by atoms with E-state index in [2.05, 4.69) is 5.32 Å². The minimum Gasteiger partial charge on any atom is -0.489 e. The maximum absolute atomic E-state index is 10.2. The van der Waals surface area contributed by atoms with E-state index in [0.717, 1.165) is 10.6 Å². The van der Waals surface area contributed by atoms with Gasteiger partial charge in [-0.1, -0.05) is 12.1 Å². The van der Waals surface area contributed by atoms with Gasteiger partial charge in [0.1, 0.15) is 18.0 Å². The van der Waals surface area contributed by atoms with Crippen LogP contribution in [-0.2, 0) is 0 Å². The Morgan fingerprint density at radius 2 is 2.17 bits per heavy atom. The van der Waals surface area contributed by atoms with E-state index in [-0.39, 0.29) is 0 Å². The number of aliphatic hydroxyl groups is 1. The van der Waals surface area contributed by atoms with Crippen LogP contribution in [0.15, 0.2) is 29.2 Å². The van der Waals surface area contributed by atoms with Crippen LogP contribution in [-0.4, -0.2) is 36.2 Å². The number of benzene rings is 1. The fraction of sp³-hybridized carbons (Fsp3) is 0.571. The van der Waals surface area contributed by atoms with Gasteiger partial charge in [-0.15, -0.1) is 11.8 Å². The molecular weight excluding hydrogens is 246 g/mol. The Kier molecular flexibility index (Phi) is 4.54. The minimum absolute atomic E-state index is 0.310. The average Bonchev–Trinajstić information content (AvgIpc) is 3.19.